The average Bonchev–Trinajstić information content (AvgIpc) is 3.58. The highest BCUT2D eigenvalue weighted by molar-refractivity contribution is 6.30. The van der Waals surface area contributed by atoms with Crippen LogP contribution in [0.2, 0.25) is 5.02 Å². The van der Waals surface area contributed by atoms with E-state index in [1.54, 1.807) is 0 Å². The molecule has 0 radical (unpaired) electrons. The summed E-state index contributed by atoms with van der Waals surface area (Å²) in [6.45, 7) is 5.19. The Morgan fingerprint density at radius 2 is 1.73 bits per heavy atom. The van der Waals surface area contributed by atoms with Crippen LogP contribution in [0, 0.1) is 0 Å². The number of alkyl halides is 3. The molecular formula is C26H30ClF3N6O. The van der Waals surface area contributed by atoms with Crippen LogP contribution < -0.4 is 10.2 Å². The molecule has 198 valence electrons. The van der Waals surface area contributed by atoms with Crippen LogP contribution in [0.4, 0.5) is 19.0 Å². The van der Waals surface area contributed by atoms with Gasteiger partial charge in [0.05, 0.1) is 17.5 Å². The Labute approximate surface area is 219 Å². The molecule has 0 spiro atoms. The van der Waals surface area contributed by atoms with E-state index in [0.29, 0.717) is 23.3 Å². The molecule has 2 aliphatic rings. The Balaban J connectivity index is 1.08. The number of aromatic nitrogens is 3. The molecule has 11 heteroatoms. The largest absolute Gasteiger partial charge is 0.417 e. The molecule has 1 saturated carbocycles. The maximum Gasteiger partial charge on any atom is 0.417 e. The van der Waals surface area contributed by atoms with E-state index in [9.17, 15) is 13.2 Å². The fourth-order valence-corrected chi connectivity index (χ4v) is 5.41. The van der Waals surface area contributed by atoms with Crippen LogP contribution in [0.1, 0.15) is 48.5 Å². The third kappa shape index (κ3) is 5.91. The molecular weight excluding hydrogens is 505 g/mol. The lowest BCUT2D eigenvalue weighted by Gasteiger charge is -2.35. The molecule has 1 aromatic carbocycles. The topological polar surface area (TPSA) is 70.3 Å². The summed E-state index contributed by atoms with van der Waals surface area (Å²) in [4.78, 5) is 13.1. The zero-order valence-electron chi connectivity index (χ0n) is 20.5. The summed E-state index contributed by atoms with van der Waals surface area (Å²) in [5, 5.41) is 8.45. The van der Waals surface area contributed by atoms with Gasteiger partial charge in [0.15, 0.2) is 5.82 Å². The Morgan fingerprint density at radius 1 is 1.00 bits per heavy atom. The average molecular weight is 535 g/mol. The Kier molecular flexibility index (Phi) is 7.69. The lowest BCUT2D eigenvalue weighted by Crippen LogP contribution is -2.48. The smallest absolute Gasteiger partial charge is 0.354 e. The molecule has 2 aromatic heterocycles. The summed E-state index contributed by atoms with van der Waals surface area (Å²) in [7, 11) is 0. The van der Waals surface area contributed by atoms with Gasteiger partial charge in [-0.05, 0) is 42.7 Å². The van der Waals surface area contributed by atoms with Gasteiger partial charge in [0.2, 0.25) is 5.89 Å². The molecule has 1 aliphatic heterocycles. The molecule has 0 atom stereocenters. The molecule has 7 nitrogen and oxygen atoms in total. The number of benzene rings is 1. The number of pyridine rings is 1. The summed E-state index contributed by atoms with van der Waals surface area (Å²) < 4.78 is 43.9. The summed E-state index contributed by atoms with van der Waals surface area (Å²) in [5.41, 5.74) is 0.242. The van der Waals surface area contributed by atoms with Gasteiger partial charge in [-0.3, -0.25) is 4.90 Å². The van der Waals surface area contributed by atoms with E-state index in [1.807, 2.05) is 17.0 Å². The first kappa shape index (κ1) is 25.9. The van der Waals surface area contributed by atoms with Crippen LogP contribution in [-0.4, -0.2) is 59.3 Å². The first-order chi connectivity index (χ1) is 17.8. The normalized spacial score (nSPS) is 18.4. The molecule has 5 rings (SSSR count). The summed E-state index contributed by atoms with van der Waals surface area (Å²) in [6, 6.07) is 10.5. The fourth-order valence-electron chi connectivity index (χ4n) is 5.28. The molecule has 1 N–H and O–H groups in total. The minimum absolute atomic E-state index is 0.214. The van der Waals surface area contributed by atoms with Gasteiger partial charge in [0, 0.05) is 50.5 Å². The number of nitrogens with one attached hydrogen (secondary N) is 1. The molecule has 0 amide bonds. The first-order valence-corrected chi connectivity index (χ1v) is 13.0. The van der Waals surface area contributed by atoms with Crippen molar-refractivity contribution in [2.24, 2.45) is 0 Å². The Hall–Kier alpha value is -2.69. The minimum Gasteiger partial charge on any atom is -0.354 e. The monoisotopic (exact) mass is 534 g/mol. The zero-order chi connectivity index (χ0) is 25.9. The van der Waals surface area contributed by atoms with Crippen molar-refractivity contribution in [2.75, 3.05) is 44.2 Å². The number of piperazine rings is 1. The van der Waals surface area contributed by atoms with Gasteiger partial charge < -0.3 is 14.7 Å². The highest BCUT2D eigenvalue weighted by Gasteiger charge is 2.41. The van der Waals surface area contributed by atoms with E-state index in [4.69, 9.17) is 21.1 Å². The van der Waals surface area contributed by atoms with Gasteiger partial charge in [0.25, 0.3) is 0 Å². The molecule has 1 aliphatic carbocycles. The first-order valence-electron chi connectivity index (χ1n) is 12.6. The number of anilines is 1. The maximum absolute atomic E-state index is 12.8. The van der Waals surface area contributed by atoms with Crippen LogP contribution in [0.5, 0.6) is 0 Å². The standard InChI is InChI=1S/C26H30ClF3N6O/c27-21-6-3-19(4-7-21)25(9-1-2-10-25)24-33-23(37-34-24)18-31-11-12-35-13-15-36(16-14-35)22-8-5-20(17-32-22)26(28,29)30/h3-8,17,31H,1-2,9-16,18H2. The second-order valence-corrected chi connectivity index (χ2v) is 10.2. The van der Waals surface area contributed by atoms with E-state index >= 15 is 0 Å². The SMILES string of the molecule is FC(F)(F)c1ccc(N2CCN(CCNCc3nc(C4(c5ccc(Cl)cc5)CCCC4)no3)CC2)nc1. The van der Waals surface area contributed by atoms with E-state index in [0.717, 1.165) is 83.0 Å². The second kappa shape index (κ2) is 11.0. The molecule has 37 heavy (non-hydrogen) atoms. The van der Waals surface area contributed by atoms with Crippen molar-refractivity contribution in [1.29, 1.82) is 0 Å². The van der Waals surface area contributed by atoms with Gasteiger partial charge in [-0.1, -0.05) is 41.7 Å². The summed E-state index contributed by atoms with van der Waals surface area (Å²) >= 11 is 6.09. The third-order valence-electron chi connectivity index (χ3n) is 7.40. The zero-order valence-corrected chi connectivity index (χ0v) is 21.2. The molecule has 1 saturated heterocycles. The van der Waals surface area contributed by atoms with E-state index in [-0.39, 0.29) is 5.41 Å². The van der Waals surface area contributed by atoms with Crippen molar-refractivity contribution in [2.45, 2.75) is 43.8 Å². The predicted molar refractivity (Wildman–Crippen MR) is 135 cm³/mol. The highest BCUT2D eigenvalue weighted by Crippen LogP contribution is 2.45. The summed E-state index contributed by atoms with van der Waals surface area (Å²) in [6.07, 6.45) is 0.789. The number of hydrogen-bond acceptors (Lipinski definition) is 7. The van der Waals surface area contributed by atoms with Gasteiger partial charge in [-0.15, -0.1) is 0 Å². The molecule has 3 heterocycles. The van der Waals surface area contributed by atoms with Crippen LogP contribution >= 0.6 is 11.6 Å². The number of rotatable bonds is 8. The van der Waals surface area contributed by atoms with Crippen LogP contribution in [0.25, 0.3) is 0 Å². The molecule has 3 aromatic rings. The van der Waals surface area contributed by atoms with E-state index in [1.165, 1.54) is 11.6 Å². The predicted octanol–water partition coefficient (Wildman–Crippen LogP) is 4.91. The maximum atomic E-state index is 12.8. The van der Waals surface area contributed by atoms with Crippen molar-refractivity contribution >= 4 is 17.4 Å². The van der Waals surface area contributed by atoms with Crippen molar-refractivity contribution in [1.82, 2.24) is 25.3 Å². The van der Waals surface area contributed by atoms with Crippen LogP contribution in [-0.2, 0) is 18.1 Å². The van der Waals surface area contributed by atoms with Crippen LogP contribution in [0.15, 0.2) is 47.1 Å². The lowest BCUT2D eigenvalue weighted by atomic mass is 9.78. The highest BCUT2D eigenvalue weighted by atomic mass is 35.5. The molecule has 0 bridgehead atoms. The number of halogens is 4. The van der Waals surface area contributed by atoms with Gasteiger partial charge >= 0.3 is 6.18 Å². The van der Waals surface area contributed by atoms with Crippen molar-refractivity contribution in [3.63, 3.8) is 0 Å². The second-order valence-electron chi connectivity index (χ2n) is 9.72. The number of hydrogen-bond donors (Lipinski definition) is 1. The van der Waals surface area contributed by atoms with Crippen LogP contribution in [0.3, 0.4) is 0 Å². The van der Waals surface area contributed by atoms with E-state index in [2.05, 4.69) is 32.5 Å². The Bertz CT molecular complexity index is 1150. The fraction of sp³-hybridized carbons (Fsp3) is 0.500. The minimum atomic E-state index is -4.37. The molecule has 0 unspecified atom stereocenters. The van der Waals surface area contributed by atoms with Crippen molar-refractivity contribution in [3.05, 3.63) is 70.5 Å². The van der Waals surface area contributed by atoms with Crippen molar-refractivity contribution in [3.8, 4) is 0 Å². The molecule has 2 fully saturated rings. The number of nitrogens with zero attached hydrogens (tertiary/aromatic N) is 5. The Morgan fingerprint density at radius 3 is 2.38 bits per heavy atom. The summed E-state index contributed by atoms with van der Waals surface area (Å²) in [5.74, 6) is 1.90. The van der Waals surface area contributed by atoms with E-state index < -0.39 is 11.7 Å². The van der Waals surface area contributed by atoms with Gasteiger partial charge in [-0.25, -0.2) is 4.98 Å². The quantitative estimate of drug-likeness (QED) is 0.412. The van der Waals surface area contributed by atoms with Gasteiger partial charge in [-0.2, -0.15) is 18.2 Å². The van der Waals surface area contributed by atoms with Gasteiger partial charge in [0.1, 0.15) is 5.82 Å². The third-order valence-corrected chi connectivity index (χ3v) is 7.65. The lowest BCUT2D eigenvalue weighted by molar-refractivity contribution is -0.137. The van der Waals surface area contributed by atoms with Crippen molar-refractivity contribution < 1.29 is 17.7 Å².